The van der Waals surface area contributed by atoms with Crippen molar-refractivity contribution in [2.45, 2.75) is 19.9 Å². The fraction of sp³-hybridized carbons (Fsp3) is 0.188. The molecule has 2 aromatic rings. The van der Waals surface area contributed by atoms with Crippen molar-refractivity contribution >= 4 is 23.2 Å². The van der Waals surface area contributed by atoms with Crippen molar-refractivity contribution in [3.63, 3.8) is 0 Å². The van der Waals surface area contributed by atoms with Crippen LogP contribution in [0.25, 0.3) is 0 Å². The van der Waals surface area contributed by atoms with Crippen LogP contribution in [0.4, 0.5) is 5.69 Å². The number of halogens is 1. The smallest absolute Gasteiger partial charge is 0.270 e. The minimum absolute atomic E-state index is 0.0582. The number of nitrogens with zero attached hydrogens (tertiary/aromatic N) is 1. The minimum atomic E-state index is -0.553. The lowest BCUT2D eigenvalue weighted by Gasteiger charge is -2.15. The number of hydrogen-bond acceptors (Lipinski definition) is 3. The Labute approximate surface area is 133 Å². The zero-order valence-electron chi connectivity index (χ0n) is 12.2. The summed E-state index contributed by atoms with van der Waals surface area (Å²) in [6, 6.07) is 11.4. The molecule has 0 bridgehead atoms. The molecule has 5 nitrogen and oxygen atoms in total. The molecule has 2 aromatic carbocycles. The maximum atomic E-state index is 12.2. The fourth-order valence-corrected chi connectivity index (χ4v) is 2.28. The van der Waals surface area contributed by atoms with Crippen molar-refractivity contribution in [2.24, 2.45) is 0 Å². The Morgan fingerprint density at radius 3 is 2.41 bits per heavy atom. The molecule has 0 unspecified atom stereocenters. The molecule has 0 aromatic heterocycles. The molecule has 0 saturated carbocycles. The summed E-state index contributed by atoms with van der Waals surface area (Å²) in [5.41, 5.74) is 2.18. The Morgan fingerprint density at radius 2 is 1.86 bits per heavy atom. The summed E-state index contributed by atoms with van der Waals surface area (Å²) >= 11 is 5.95. The lowest BCUT2D eigenvalue weighted by Crippen LogP contribution is -2.26. The van der Waals surface area contributed by atoms with Gasteiger partial charge in [-0.25, -0.2) is 0 Å². The highest BCUT2D eigenvalue weighted by Crippen LogP contribution is 2.23. The molecule has 0 spiro atoms. The van der Waals surface area contributed by atoms with Crippen LogP contribution >= 0.6 is 11.6 Å². The van der Waals surface area contributed by atoms with E-state index in [2.05, 4.69) is 5.32 Å². The van der Waals surface area contributed by atoms with Gasteiger partial charge in [-0.2, -0.15) is 0 Å². The molecule has 0 aliphatic heterocycles. The van der Waals surface area contributed by atoms with Gasteiger partial charge in [0.1, 0.15) is 0 Å². The second kappa shape index (κ2) is 6.58. The highest BCUT2D eigenvalue weighted by atomic mass is 35.5. The molecule has 0 saturated heterocycles. The number of carbonyl (C=O) groups excluding carboxylic acids is 1. The number of aryl methyl sites for hydroxylation is 1. The standard InChI is InChI=1S/C16H15ClN2O3/c1-10-3-5-12(6-4-10)11(2)18-16(20)14-8-7-13(19(21)22)9-15(14)17/h3-9,11H,1-2H3,(H,18,20)/t11-/m0/s1. The number of non-ortho nitro benzene ring substituents is 1. The number of benzene rings is 2. The number of nitro benzene ring substituents is 1. The van der Waals surface area contributed by atoms with Gasteiger partial charge >= 0.3 is 0 Å². The number of nitrogens with one attached hydrogen (secondary N) is 1. The van der Waals surface area contributed by atoms with Gasteiger partial charge < -0.3 is 5.32 Å². The normalized spacial score (nSPS) is 11.8. The molecule has 22 heavy (non-hydrogen) atoms. The number of carbonyl (C=O) groups is 1. The third kappa shape index (κ3) is 3.62. The van der Waals surface area contributed by atoms with E-state index < -0.39 is 4.92 Å². The highest BCUT2D eigenvalue weighted by Gasteiger charge is 2.17. The largest absolute Gasteiger partial charge is 0.345 e. The van der Waals surface area contributed by atoms with E-state index in [0.717, 1.165) is 11.1 Å². The summed E-state index contributed by atoms with van der Waals surface area (Å²) in [6.45, 7) is 3.85. The maximum absolute atomic E-state index is 12.2. The van der Waals surface area contributed by atoms with Gasteiger partial charge in [0.25, 0.3) is 11.6 Å². The van der Waals surface area contributed by atoms with E-state index in [-0.39, 0.29) is 28.2 Å². The zero-order chi connectivity index (χ0) is 16.3. The van der Waals surface area contributed by atoms with Gasteiger partial charge in [0.2, 0.25) is 0 Å². The Kier molecular flexibility index (Phi) is 4.78. The molecule has 6 heteroatoms. The molecule has 1 atom stereocenters. The fourth-order valence-electron chi connectivity index (χ4n) is 2.01. The van der Waals surface area contributed by atoms with Crippen molar-refractivity contribution in [1.29, 1.82) is 0 Å². The number of rotatable bonds is 4. The van der Waals surface area contributed by atoms with Gasteiger partial charge in [-0.1, -0.05) is 41.4 Å². The summed E-state index contributed by atoms with van der Waals surface area (Å²) < 4.78 is 0. The number of nitro groups is 1. The van der Waals surface area contributed by atoms with E-state index in [4.69, 9.17) is 11.6 Å². The summed E-state index contributed by atoms with van der Waals surface area (Å²) in [6.07, 6.45) is 0. The first kappa shape index (κ1) is 16.0. The third-order valence-electron chi connectivity index (χ3n) is 3.33. The molecular formula is C16H15ClN2O3. The van der Waals surface area contributed by atoms with Crippen molar-refractivity contribution in [3.05, 3.63) is 74.3 Å². The van der Waals surface area contributed by atoms with Crippen LogP contribution in [0, 0.1) is 17.0 Å². The monoisotopic (exact) mass is 318 g/mol. The molecule has 0 heterocycles. The van der Waals surface area contributed by atoms with Gasteiger partial charge in [-0.3, -0.25) is 14.9 Å². The van der Waals surface area contributed by atoms with Crippen LogP contribution in [0.15, 0.2) is 42.5 Å². The average molecular weight is 319 g/mol. The molecule has 0 aliphatic carbocycles. The van der Waals surface area contributed by atoms with E-state index in [1.807, 2.05) is 38.1 Å². The molecule has 1 amide bonds. The Balaban J connectivity index is 2.15. The van der Waals surface area contributed by atoms with Crippen LogP contribution in [0.5, 0.6) is 0 Å². The van der Waals surface area contributed by atoms with Gasteiger partial charge in [-0.05, 0) is 25.5 Å². The Morgan fingerprint density at radius 1 is 1.23 bits per heavy atom. The van der Waals surface area contributed by atoms with Crippen molar-refractivity contribution < 1.29 is 9.72 Å². The molecule has 0 radical (unpaired) electrons. The van der Waals surface area contributed by atoms with Crippen LogP contribution in [-0.4, -0.2) is 10.8 Å². The number of hydrogen-bond donors (Lipinski definition) is 1. The summed E-state index contributed by atoms with van der Waals surface area (Å²) in [5.74, 6) is -0.368. The lowest BCUT2D eigenvalue weighted by molar-refractivity contribution is -0.384. The van der Waals surface area contributed by atoms with Crippen molar-refractivity contribution in [3.8, 4) is 0 Å². The SMILES string of the molecule is Cc1ccc([C@H](C)NC(=O)c2ccc([N+](=O)[O-])cc2Cl)cc1. The van der Waals surface area contributed by atoms with Gasteiger partial charge in [0, 0.05) is 12.1 Å². The van der Waals surface area contributed by atoms with E-state index in [0.29, 0.717) is 0 Å². The predicted octanol–water partition coefficient (Wildman–Crippen LogP) is 4.05. The molecule has 2 rings (SSSR count). The highest BCUT2D eigenvalue weighted by molar-refractivity contribution is 6.34. The topological polar surface area (TPSA) is 72.2 Å². The maximum Gasteiger partial charge on any atom is 0.270 e. The quantitative estimate of drug-likeness (QED) is 0.682. The van der Waals surface area contributed by atoms with Crippen LogP contribution in [0.2, 0.25) is 5.02 Å². The van der Waals surface area contributed by atoms with Crippen molar-refractivity contribution in [1.82, 2.24) is 5.32 Å². The van der Waals surface area contributed by atoms with Gasteiger partial charge in [0.05, 0.1) is 21.6 Å². The zero-order valence-corrected chi connectivity index (χ0v) is 12.9. The lowest BCUT2D eigenvalue weighted by atomic mass is 10.1. The van der Waals surface area contributed by atoms with Crippen LogP contribution < -0.4 is 5.32 Å². The molecule has 114 valence electrons. The minimum Gasteiger partial charge on any atom is -0.345 e. The molecule has 0 fully saturated rings. The average Bonchev–Trinajstić information content (AvgIpc) is 2.47. The second-order valence-corrected chi connectivity index (χ2v) is 5.43. The Hall–Kier alpha value is -2.40. The van der Waals surface area contributed by atoms with Crippen LogP contribution in [-0.2, 0) is 0 Å². The first-order valence-corrected chi connectivity index (χ1v) is 7.07. The van der Waals surface area contributed by atoms with Gasteiger partial charge in [0.15, 0.2) is 0 Å². The number of amides is 1. The van der Waals surface area contributed by atoms with Crippen LogP contribution in [0.3, 0.4) is 0 Å². The van der Waals surface area contributed by atoms with E-state index in [1.54, 1.807) is 0 Å². The van der Waals surface area contributed by atoms with E-state index in [1.165, 1.54) is 18.2 Å². The third-order valence-corrected chi connectivity index (χ3v) is 3.65. The predicted molar refractivity (Wildman–Crippen MR) is 85.2 cm³/mol. The first-order valence-electron chi connectivity index (χ1n) is 6.70. The summed E-state index contributed by atoms with van der Waals surface area (Å²) in [4.78, 5) is 22.3. The van der Waals surface area contributed by atoms with Crippen molar-refractivity contribution in [2.75, 3.05) is 0 Å². The molecule has 1 N–H and O–H groups in total. The first-order chi connectivity index (χ1) is 10.4. The van der Waals surface area contributed by atoms with E-state index in [9.17, 15) is 14.9 Å². The van der Waals surface area contributed by atoms with E-state index >= 15 is 0 Å². The molecular weight excluding hydrogens is 304 g/mol. The summed E-state index contributed by atoms with van der Waals surface area (Å²) in [7, 11) is 0. The Bertz CT molecular complexity index is 714. The van der Waals surface area contributed by atoms with Crippen LogP contribution in [0.1, 0.15) is 34.5 Å². The van der Waals surface area contributed by atoms with Gasteiger partial charge in [-0.15, -0.1) is 0 Å². The molecule has 0 aliphatic rings. The summed E-state index contributed by atoms with van der Waals surface area (Å²) in [5, 5.41) is 13.6. The second-order valence-electron chi connectivity index (χ2n) is 5.03.